The molecule has 2 aromatic rings. The van der Waals surface area contributed by atoms with Crippen LogP contribution in [0.15, 0.2) is 56.3 Å². The van der Waals surface area contributed by atoms with Crippen LogP contribution in [0, 0.1) is 0 Å². The summed E-state index contributed by atoms with van der Waals surface area (Å²) >= 11 is 6.66. The van der Waals surface area contributed by atoms with Crippen molar-refractivity contribution < 1.29 is 8.42 Å². The van der Waals surface area contributed by atoms with Crippen molar-refractivity contribution in [3.05, 3.63) is 62.5 Å². The summed E-state index contributed by atoms with van der Waals surface area (Å²) < 4.78 is 28.3. The van der Waals surface area contributed by atoms with E-state index in [9.17, 15) is 8.42 Å². The van der Waals surface area contributed by atoms with Crippen LogP contribution in [0.25, 0.3) is 0 Å². The molecular weight excluding hydrogens is 406 g/mol. The van der Waals surface area contributed by atoms with Crippen molar-refractivity contribution in [1.82, 2.24) is 4.31 Å². The van der Waals surface area contributed by atoms with Gasteiger partial charge in [-0.25, -0.2) is 8.42 Å². The Morgan fingerprint density at radius 1 is 0.950 bits per heavy atom. The summed E-state index contributed by atoms with van der Waals surface area (Å²) in [6, 6.07) is 12.9. The van der Waals surface area contributed by atoms with Crippen LogP contribution in [0.2, 0.25) is 0 Å². The number of halogens is 2. The van der Waals surface area contributed by atoms with Crippen LogP contribution < -0.4 is 0 Å². The first-order valence-corrected chi connectivity index (χ1v) is 9.03. The maximum Gasteiger partial charge on any atom is 0.244 e. The summed E-state index contributed by atoms with van der Waals surface area (Å²) in [5, 5.41) is 0. The topological polar surface area (TPSA) is 37.4 Å². The highest BCUT2D eigenvalue weighted by molar-refractivity contribution is 9.11. The van der Waals surface area contributed by atoms with E-state index in [1.807, 2.05) is 24.3 Å². The molecular formula is C14H11Br2NO2S. The predicted molar refractivity (Wildman–Crippen MR) is 84.7 cm³/mol. The average Bonchev–Trinajstić information content (AvgIpc) is 2.82. The summed E-state index contributed by atoms with van der Waals surface area (Å²) in [5.74, 6) is 0. The molecule has 1 heterocycles. The van der Waals surface area contributed by atoms with E-state index in [1.54, 1.807) is 18.2 Å². The molecule has 2 aromatic carbocycles. The normalized spacial score (nSPS) is 15.3. The third-order valence-corrected chi connectivity index (χ3v) is 6.59. The maximum atomic E-state index is 12.7. The van der Waals surface area contributed by atoms with Gasteiger partial charge in [-0.15, -0.1) is 0 Å². The molecule has 0 N–H and O–H groups in total. The third kappa shape index (κ3) is 2.45. The summed E-state index contributed by atoms with van der Waals surface area (Å²) in [7, 11) is -3.49. The molecule has 0 saturated carbocycles. The second-order valence-corrected chi connectivity index (χ2v) is 8.29. The van der Waals surface area contributed by atoms with Gasteiger partial charge in [0.05, 0.1) is 4.90 Å². The van der Waals surface area contributed by atoms with Gasteiger partial charge in [-0.2, -0.15) is 4.31 Å². The first-order valence-electron chi connectivity index (χ1n) is 6.00. The van der Waals surface area contributed by atoms with Gasteiger partial charge in [0.1, 0.15) is 0 Å². The molecule has 0 saturated heterocycles. The van der Waals surface area contributed by atoms with Crippen LogP contribution >= 0.6 is 31.9 Å². The van der Waals surface area contributed by atoms with Gasteiger partial charge in [-0.05, 0) is 45.3 Å². The second-order valence-electron chi connectivity index (χ2n) is 4.62. The van der Waals surface area contributed by atoms with E-state index in [0.29, 0.717) is 22.5 Å². The number of sulfonamides is 1. The van der Waals surface area contributed by atoms with Gasteiger partial charge >= 0.3 is 0 Å². The number of benzene rings is 2. The van der Waals surface area contributed by atoms with E-state index in [4.69, 9.17) is 0 Å². The van der Waals surface area contributed by atoms with Gasteiger partial charge in [-0.3, -0.25) is 0 Å². The highest BCUT2D eigenvalue weighted by Crippen LogP contribution is 2.32. The standard InChI is InChI=1S/C14H11Br2NO2S/c15-12-5-6-14(13(16)7-12)20(18,19)17-8-10-3-1-2-4-11(10)9-17/h1-7H,8-9H2. The smallest absolute Gasteiger partial charge is 0.207 e. The quantitative estimate of drug-likeness (QED) is 0.743. The highest BCUT2D eigenvalue weighted by atomic mass is 79.9. The predicted octanol–water partition coefficient (Wildman–Crippen LogP) is 3.92. The lowest BCUT2D eigenvalue weighted by atomic mass is 10.1. The third-order valence-electron chi connectivity index (χ3n) is 3.32. The van der Waals surface area contributed by atoms with Crippen LogP contribution in [0.5, 0.6) is 0 Å². The molecule has 20 heavy (non-hydrogen) atoms. The summed E-state index contributed by atoms with van der Waals surface area (Å²) in [4.78, 5) is 0.300. The van der Waals surface area contributed by atoms with Crippen molar-refractivity contribution in [2.24, 2.45) is 0 Å². The lowest BCUT2D eigenvalue weighted by Gasteiger charge is -2.16. The van der Waals surface area contributed by atoms with Crippen molar-refractivity contribution in [3.8, 4) is 0 Å². The highest BCUT2D eigenvalue weighted by Gasteiger charge is 2.31. The van der Waals surface area contributed by atoms with Crippen molar-refractivity contribution in [2.45, 2.75) is 18.0 Å². The Hall–Kier alpha value is -0.690. The molecule has 0 unspecified atom stereocenters. The Kier molecular flexibility index (Phi) is 3.75. The van der Waals surface area contributed by atoms with Crippen LogP contribution in [0.1, 0.15) is 11.1 Å². The van der Waals surface area contributed by atoms with Crippen molar-refractivity contribution in [1.29, 1.82) is 0 Å². The van der Waals surface area contributed by atoms with Gasteiger partial charge in [0, 0.05) is 22.0 Å². The molecule has 3 rings (SSSR count). The Morgan fingerprint density at radius 3 is 2.10 bits per heavy atom. The monoisotopic (exact) mass is 415 g/mol. The van der Waals surface area contributed by atoms with Crippen LogP contribution in [0.3, 0.4) is 0 Å². The molecule has 1 aliphatic heterocycles. The molecule has 3 nitrogen and oxygen atoms in total. The average molecular weight is 417 g/mol. The number of rotatable bonds is 2. The largest absolute Gasteiger partial charge is 0.244 e. The molecule has 0 fully saturated rings. The SMILES string of the molecule is O=S(=O)(c1ccc(Br)cc1Br)N1Cc2ccccc2C1. The Labute approximate surface area is 134 Å². The van der Waals surface area contributed by atoms with Crippen molar-refractivity contribution in [2.75, 3.05) is 0 Å². The summed E-state index contributed by atoms with van der Waals surface area (Å²) in [5.41, 5.74) is 2.15. The second kappa shape index (κ2) is 5.26. The fourth-order valence-corrected chi connectivity index (χ4v) is 5.40. The fourth-order valence-electron chi connectivity index (χ4n) is 2.30. The molecule has 0 atom stereocenters. The van der Waals surface area contributed by atoms with E-state index in [2.05, 4.69) is 31.9 Å². The van der Waals surface area contributed by atoms with Crippen LogP contribution in [-0.4, -0.2) is 12.7 Å². The van der Waals surface area contributed by atoms with Crippen molar-refractivity contribution in [3.63, 3.8) is 0 Å². The first-order chi connectivity index (χ1) is 9.48. The molecule has 0 spiro atoms. The van der Waals surface area contributed by atoms with Crippen LogP contribution in [0.4, 0.5) is 0 Å². The fraction of sp³-hybridized carbons (Fsp3) is 0.143. The Morgan fingerprint density at radius 2 is 1.55 bits per heavy atom. The minimum absolute atomic E-state index is 0.300. The Balaban J connectivity index is 1.99. The number of hydrogen-bond donors (Lipinski definition) is 0. The molecule has 0 radical (unpaired) electrons. The van der Waals surface area contributed by atoms with Gasteiger partial charge in [0.25, 0.3) is 0 Å². The Bertz CT molecular complexity index is 749. The number of nitrogens with zero attached hydrogens (tertiary/aromatic N) is 1. The zero-order valence-corrected chi connectivity index (χ0v) is 14.4. The molecule has 0 aliphatic carbocycles. The van der Waals surface area contributed by atoms with Gasteiger partial charge in [-0.1, -0.05) is 40.2 Å². The van der Waals surface area contributed by atoms with E-state index in [1.165, 1.54) is 4.31 Å². The van der Waals surface area contributed by atoms with E-state index in [0.717, 1.165) is 15.6 Å². The number of hydrogen-bond acceptors (Lipinski definition) is 2. The summed E-state index contributed by atoms with van der Waals surface area (Å²) in [6.45, 7) is 0.863. The molecule has 0 aromatic heterocycles. The maximum absolute atomic E-state index is 12.7. The molecule has 1 aliphatic rings. The number of fused-ring (bicyclic) bond motifs is 1. The first kappa shape index (κ1) is 14.3. The minimum atomic E-state index is -3.49. The van der Waals surface area contributed by atoms with Gasteiger partial charge < -0.3 is 0 Å². The lowest BCUT2D eigenvalue weighted by Crippen LogP contribution is -2.25. The zero-order valence-electron chi connectivity index (χ0n) is 10.4. The lowest BCUT2D eigenvalue weighted by molar-refractivity contribution is 0.431. The minimum Gasteiger partial charge on any atom is -0.207 e. The van der Waals surface area contributed by atoms with Crippen molar-refractivity contribution >= 4 is 41.9 Å². The molecule has 0 amide bonds. The van der Waals surface area contributed by atoms with Gasteiger partial charge in [0.15, 0.2) is 0 Å². The summed E-state index contributed by atoms with van der Waals surface area (Å²) in [6.07, 6.45) is 0. The molecule has 104 valence electrons. The van der Waals surface area contributed by atoms with E-state index < -0.39 is 10.0 Å². The van der Waals surface area contributed by atoms with Crippen LogP contribution in [-0.2, 0) is 23.1 Å². The van der Waals surface area contributed by atoms with Gasteiger partial charge in [0.2, 0.25) is 10.0 Å². The molecule has 0 bridgehead atoms. The zero-order chi connectivity index (χ0) is 14.3. The van der Waals surface area contributed by atoms with E-state index in [-0.39, 0.29) is 0 Å². The van der Waals surface area contributed by atoms with E-state index >= 15 is 0 Å². The molecule has 6 heteroatoms.